The van der Waals surface area contributed by atoms with E-state index in [4.69, 9.17) is 4.42 Å². The summed E-state index contributed by atoms with van der Waals surface area (Å²) < 4.78 is 6.48. The van der Waals surface area contributed by atoms with Crippen LogP contribution >= 0.6 is 0 Å². The summed E-state index contributed by atoms with van der Waals surface area (Å²) in [5.74, 6) is 0. The van der Waals surface area contributed by atoms with Crippen LogP contribution in [0.4, 0.5) is 5.69 Å². The molecule has 0 atom stereocenters. The van der Waals surface area contributed by atoms with Crippen molar-refractivity contribution in [1.29, 1.82) is 0 Å². The van der Waals surface area contributed by atoms with Crippen molar-refractivity contribution in [2.75, 3.05) is 19.0 Å². The fourth-order valence-electron chi connectivity index (χ4n) is 7.74. The Labute approximate surface area is 290 Å². The third-order valence-corrected chi connectivity index (χ3v) is 10.4. The van der Waals surface area contributed by atoms with Crippen LogP contribution in [-0.4, -0.2) is 14.1 Å². The number of furan rings is 1. The summed E-state index contributed by atoms with van der Waals surface area (Å²) in [5, 5.41) is 12.4. The molecule has 0 saturated heterocycles. The molecule has 2 heteroatoms. The zero-order chi connectivity index (χ0) is 33.3. The normalized spacial score (nSPS) is 11.8. The van der Waals surface area contributed by atoms with Gasteiger partial charge in [-0.3, -0.25) is 0 Å². The van der Waals surface area contributed by atoms with E-state index in [1.165, 1.54) is 65.3 Å². The summed E-state index contributed by atoms with van der Waals surface area (Å²) in [6.45, 7) is 0. The Morgan fingerprint density at radius 1 is 0.320 bits per heavy atom. The van der Waals surface area contributed by atoms with Gasteiger partial charge < -0.3 is 9.32 Å². The minimum Gasteiger partial charge on any atom is -0.456 e. The minimum atomic E-state index is 0.899. The molecule has 0 N–H and O–H groups in total. The van der Waals surface area contributed by atoms with Crippen LogP contribution in [0.15, 0.2) is 168 Å². The molecule has 2 nitrogen and oxygen atoms in total. The van der Waals surface area contributed by atoms with E-state index in [1.807, 2.05) is 0 Å². The van der Waals surface area contributed by atoms with Gasteiger partial charge in [0.25, 0.3) is 0 Å². The van der Waals surface area contributed by atoms with Crippen molar-refractivity contribution in [3.63, 3.8) is 0 Å². The van der Waals surface area contributed by atoms with Gasteiger partial charge in [-0.15, -0.1) is 0 Å². The van der Waals surface area contributed by atoms with E-state index < -0.39 is 0 Å². The molecule has 10 aromatic rings. The third-order valence-electron chi connectivity index (χ3n) is 10.4. The van der Waals surface area contributed by atoms with Gasteiger partial charge in [0.2, 0.25) is 0 Å². The lowest BCUT2D eigenvalue weighted by Gasteiger charge is -2.13. The smallest absolute Gasteiger partial charge is 0.137 e. The fraction of sp³-hybridized carbons (Fsp3) is 0.0417. The lowest BCUT2D eigenvalue weighted by atomic mass is 9.91. The van der Waals surface area contributed by atoms with Crippen LogP contribution in [0.5, 0.6) is 0 Å². The van der Waals surface area contributed by atoms with E-state index in [9.17, 15) is 0 Å². The van der Waals surface area contributed by atoms with Crippen molar-refractivity contribution in [3.05, 3.63) is 164 Å². The van der Waals surface area contributed by atoms with E-state index in [0.717, 1.165) is 38.8 Å². The number of rotatable bonds is 4. The van der Waals surface area contributed by atoms with Crippen LogP contribution in [0.25, 0.3) is 98.4 Å². The zero-order valence-electron chi connectivity index (χ0n) is 27.9. The van der Waals surface area contributed by atoms with E-state index in [0.29, 0.717) is 0 Å². The topological polar surface area (TPSA) is 16.4 Å². The molecule has 0 saturated carbocycles. The monoisotopic (exact) mass is 639 g/mol. The molecule has 10 rings (SSSR count). The lowest BCUT2D eigenvalue weighted by Crippen LogP contribution is -2.07. The summed E-state index contributed by atoms with van der Waals surface area (Å²) in [7, 11) is 4.12. The van der Waals surface area contributed by atoms with Gasteiger partial charge in [0.1, 0.15) is 11.2 Å². The number of fused-ring (bicyclic) bond motifs is 9. The average Bonchev–Trinajstić information content (AvgIpc) is 3.54. The van der Waals surface area contributed by atoms with Gasteiger partial charge in [-0.25, -0.2) is 0 Å². The molecule has 0 unspecified atom stereocenters. The number of anilines is 1. The van der Waals surface area contributed by atoms with Crippen LogP contribution < -0.4 is 4.90 Å². The van der Waals surface area contributed by atoms with Gasteiger partial charge in [0.05, 0.1) is 0 Å². The van der Waals surface area contributed by atoms with Crippen LogP contribution in [0, 0.1) is 0 Å². The van der Waals surface area contributed by atoms with Crippen molar-refractivity contribution in [1.82, 2.24) is 0 Å². The molecule has 0 bridgehead atoms. The second kappa shape index (κ2) is 11.1. The summed E-state index contributed by atoms with van der Waals surface area (Å²) in [6.07, 6.45) is 0. The molecular formula is C48H33NO. The molecule has 50 heavy (non-hydrogen) atoms. The summed E-state index contributed by atoms with van der Waals surface area (Å²) >= 11 is 0. The third kappa shape index (κ3) is 4.64. The first kappa shape index (κ1) is 28.6. The number of benzene rings is 9. The van der Waals surface area contributed by atoms with Crippen LogP contribution in [-0.2, 0) is 0 Å². The first-order valence-electron chi connectivity index (χ1n) is 17.2. The largest absolute Gasteiger partial charge is 0.456 e. The maximum atomic E-state index is 6.48. The Bertz CT molecular complexity index is 2830. The summed E-state index contributed by atoms with van der Waals surface area (Å²) in [5.41, 5.74) is 9.99. The molecule has 0 amide bonds. The lowest BCUT2D eigenvalue weighted by molar-refractivity contribution is 0.669. The van der Waals surface area contributed by atoms with Gasteiger partial charge in [0.15, 0.2) is 0 Å². The SMILES string of the molecule is CN(C)c1ccc2c(c1)oc1cc(-c3cc(-c4ccc5c(ccc6ccccc65)c4)cc(-c4ccc5c(ccc6ccccc65)c4)c3)ccc12. The van der Waals surface area contributed by atoms with E-state index in [-0.39, 0.29) is 0 Å². The molecule has 0 aliphatic carbocycles. The van der Waals surface area contributed by atoms with Gasteiger partial charge in [0, 0.05) is 36.6 Å². The van der Waals surface area contributed by atoms with Crippen molar-refractivity contribution in [2.45, 2.75) is 0 Å². The van der Waals surface area contributed by atoms with Gasteiger partial charge >= 0.3 is 0 Å². The number of hydrogen-bond donors (Lipinski definition) is 0. The van der Waals surface area contributed by atoms with Crippen molar-refractivity contribution >= 4 is 70.7 Å². The molecule has 0 aliphatic heterocycles. The number of hydrogen-bond acceptors (Lipinski definition) is 2. The van der Waals surface area contributed by atoms with E-state index in [2.05, 4.69) is 183 Å². The molecular weight excluding hydrogens is 607 g/mol. The molecule has 236 valence electrons. The van der Waals surface area contributed by atoms with E-state index >= 15 is 0 Å². The van der Waals surface area contributed by atoms with Gasteiger partial charge in [-0.1, -0.05) is 103 Å². The highest BCUT2D eigenvalue weighted by Crippen LogP contribution is 2.39. The standard InChI is InChI=1S/C48H33NO/c1-49(2)40-18-22-46-45-21-17-34(28-47(45)50-48(46)29-40)39-26-37(32-15-19-43-35(23-32)13-11-30-7-3-5-9-41(30)43)25-38(27-39)33-16-20-44-36(24-33)14-12-31-8-4-6-10-42(31)44/h3-29H,1-2H3. The molecule has 0 aliphatic rings. The zero-order valence-corrected chi connectivity index (χ0v) is 27.9. The number of nitrogens with zero attached hydrogens (tertiary/aromatic N) is 1. The maximum Gasteiger partial charge on any atom is 0.137 e. The highest BCUT2D eigenvalue weighted by Gasteiger charge is 2.14. The Balaban J connectivity index is 1.16. The molecule has 0 radical (unpaired) electrons. The quantitative estimate of drug-likeness (QED) is 0.178. The second-order valence-electron chi connectivity index (χ2n) is 13.6. The van der Waals surface area contributed by atoms with Crippen molar-refractivity contribution < 1.29 is 4.42 Å². The average molecular weight is 640 g/mol. The summed E-state index contributed by atoms with van der Waals surface area (Å²) in [6, 6.07) is 60.1. The Morgan fingerprint density at radius 3 is 1.28 bits per heavy atom. The highest BCUT2D eigenvalue weighted by atomic mass is 16.3. The van der Waals surface area contributed by atoms with Crippen molar-refractivity contribution in [3.8, 4) is 33.4 Å². The van der Waals surface area contributed by atoms with Gasteiger partial charge in [-0.05, 0) is 131 Å². The second-order valence-corrected chi connectivity index (χ2v) is 13.6. The van der Waals surface area contributed by atoms with Crippen molar-refractivity contribution in [2.24, 2.45) is 0 Å². The minimum absolute atomic E-state index is 0.899. The Kier molecular flexibility index (Phi) is 6.34. The van der Waals surface area contributed by atoms with E-state index in [1.54, 1.807) is 0 Å². The highest BCUT2D eigenvalue weighted by molar-refractivity contribution is 6.10. The maximum absolute atomic E-state index is 6.48. The van der Waals surface area contributed by atoms with Gasteiger partial charge in [-0.2, -0.15) is 0 Å². The van der Waals surface area contributed by atoms with Crippen LogP contribution in [0.1, 0.15) is 0 Å². The Hall–Kier alpha value is -6.38. The Morgan fingerprint density at radius 2 is 0.740 bits per heavy atom. The molecule has 9 aromatic carbocycles. The first-order chi connectivity index (χ1) is 24.6. The molecule has 1 heterocycles. The predicted octanol–water partition coefficient (Wildman–Crippen LogP) is 13.3. The predicted molar refractivity (Wildman–Crippen MR) is 214 cm³/mol. The fourth-order valence-corrected chi connectivity index (χ4v) is 7.74. The molecule has 1 aromatic heterocycles. The molecule has 0 fully saturated rings. The van der Waals surface area contributed by atoms with Crippen LogP contribution in [0.3, 0.4) is 0 Å². The molecule has 0 spiro atoms. The first-order valence-corrected chi connectivity index (χ1v) is 17.2. The van der Waals surface area contributed by atoms with Crippen LogP contribution in [0.2, 0.25) is 0 Å². The summed E-state index contributed by atoms with van der Waals surface area (Å²) in [4.78, 5) is 2.11.